The van der Waals surface area contributed by atoms with Crippen molar-refractivity contribution in [1.82, 2.24) is 9.97 Å². The predicted molar refractivity (Wildman–Crippen MR) is 59.0 cm³/mol. The zero-order valence-electron chi connectivity index (χ0n) is 9.03. The van der Waals surface area contributed by atoms with E-state index in [4.69, 9.17) is 4.74 Å². The van der Waals surface area contributed by atoms with Crippen LogP contribution >= 0.6 is 0 Å². The minimum absolute atomic E-state index is 0.248. The highest BCUT2D eigenvalue weighted by Gasteiger charge is 2.24. The topological polar surface area (TPSA) is 59.1 Å². The average Bonchev–Trinajstić information content (AvgIpc) is 2.65. The smallest absolute Gasteiger partial charge is 0.224 e. The zero-order chi connectivity index (χ0) is 10.7. The Balaban J connectivity index is 2.03. The van der Waals surface area contributed by atoms with Crippen LogP contribution in [0.5, 0.6) is 0 Å². The van der Waals surface area contributed by atoms with Crippen LogP contribution in [-0.4, -0.2) is 35.8 Å². The minimum Gasteiger partial charge on any atom is -0.376 e. The van der Waals surface area contributed by atoms with Crippen LogP contribution in [0.2, 0.25) is 0 Å². The Morgan fingerprint density at radius 2 is 2.40 bits per heavy atom. The molecule has 0 radical (unpaired) electrons. The highest BCUT2D eigenvalue weighted by atomic mass is 16.5. The van der Waals surface area contributed by atoms with Gasteiger partial charge < -0.3 is 15.4 Å². The predicted octanol–water partition coefficient (Wildman–Crippen LogP) is 1.11. The second-order valence-corrected chi connectivity index (χ2v) is 3.63. The molecule has 1 aliphatic rings. The van der Waals surface area contributed by atoms with E-state index in [9.17, 15) is 0 Å². The molecule has 2 heterocycles. The van der Waals surface area contributed by atoms with E-state index in [1.54, 1.807) is 13.2 Å². The molecule has 0 aliphatic carbocycles. The molecule has 0 aromatic carbocycles. The van der Waals surface area contributed by atoms with E-state index in [1.807, 2.05) is 6.07 Å². The van der Waals surface area contributed by atoms with Crippen LogP contribution in [0.1, 0.15) is 13.3 Å². The molecule has 0 bridgehead atoms. The van der Waals surface area contributed by atoms with E-state index < -0.39 is 0 Å². The highest BCUT2D eigenvalue weighted by Crippen LogP contribution is 2.17. The Labute approximate surface area is 89.3 Å². The fraction of sp³-hybridized carbons (Fsp3) is 0.600. The average molecular weight is 208 g/mol. The second kappa shape index (κ2) is 4.44. The van der Waals surface area contributed by atoms with Gasteiger partial charge in [-0.3, -0.25) is 0 Å². The molecule has 1 aromatic rings. The first-order chi connectivity index (χ1) is 7.29. The minimum atomic E-state index is 0.248. The van der Waals surface area contributed by atoms with E-state index >= 15 is 0 Å². The fourth-order valence-electron chi connectivity index (χ4n) is 1.67. The molecule has 5 nitrogen and oxygen atoms in total. The summed E-state index contributed by atoms with van der Waals surface area (Å²) in [5, 5.41) is 6.26. The van der Waals surface area contributed by atoms with Crippen LogP contribution in [0.15, 0.2) is 12.3 Å². The maximum Gasteiger partial charge on any atom is 0.224 e. The van der Waals surface area contributed by atoms with Gasteiger partial charge in [-0.25, -0.2) is 4.98 Å². The van der Waals surface area contributed by atoms with Crippen molar-refractivity contribution in [2.24, 2.45) is 0 Å². The van der Waals surface area contributed by atoms with Crippen molar-refractivity contribution in [2.45, 2.75) is 25.5 Å². The van der Waals surface area contributed by atoms with E-state index in [0.29, 0.717) is 12.0 Å². The van der Waals surface area contributed by atoms with Gasteiger partial charge in [0.05, 0.1) is 12.1 Å². The van der Waals surface area contributed by atoms with Crippen molar-refractivity contribution < 1.29 is 4.74 Å². The number of rotatable bonds is 3. The second-order valence-electron chi connectivity index (χ2n) is 3.63. The SMILES string of the molecule is CNc1nccc(NC2CCOC2C)n1. The van der Waals surface area contributed by atoms with Gasteiger partial charge >= 0.3 is 0 Å². The van der Waals surface area contributed by atoms with Gasteiger partial charge in [0.2, 0.25) is 5.95 Å². The number of ether oxygens (including phenoxy) is 1. The van der Waals surface area contributed by atoms with Gasteiger partial charge in [-0.1, -0.05) is 0 Å². The number of nitrogens with one attached hydrogen (secondary N) is 2. The van der Waals surface area contributed by atoms with Crippen molar-refractivity contribution in [2.75, 3.05) is 24.3 Å². The number of hydrogen-bond donors (Lipinski definition) is 2. The molecule has 5 heteroatoms. The molecule has 1 aliphatic heterocycles. The Morgan fingerprint density at radius 1 is 1.53 bits per heavy atom. The summed E-state index contributed by atoms with van der Waals surface area (Å²) < 4.78 is 5.47. The van der Waals surface area contributed by atoms with Gasteiger partial charge in [-0.05, 0) is 19.4 Å². The van der Waals surface area contributed by atoms with Crippen molar-refractivity contribution in [3.8, 4) is 0 Å². The molecule has 82 valence electrons. The Kier molecular flexibility index (Phi) is 3.01. The molecular formula is C10H16N4O. The lowest BCUT2D eigenvalue weighted by Gasteiger charge is -2.16. The van der Waals surface area contributed by atoms with Gasteiger partial charge in [0.15, 0.2) is 0 Å². The number of hydrogen-bond acceptors (Lipinski definition) is 5. The first-order valence-corrected chi connectivity index (χ1v) is 5.18. The third kappa shape index (κ3) is 2.36. The first-order valence-electron chi connectivity index (χ1n) is 5.18. The molecule has 15 heavy (non-hydrogen) atoms. The molecule has 2 N–H and O–H groups in total. The quantitative estimate of drug-likeness (QED) is 0.779. The summed E-state index contributed by atoms with van der Waals surface area (Å²) in [4.78, 5) is 8.36. The monoisotopic (exact) mass is 208 g/mol. The van der Waals surface area contributed by atoms with Gasteiger partial charge in [-0.15, -0.1) is 0 Å². The Hall–Kier alpha value is -1.36. The van der Waals surface area contributed by atoms with Crippen molar-refractivity contribution in [1.29, 1.82) is 0 Å². The molecule has 0 amide bonds. The van der Waals surface area contributed by atoms with Gasteiger partial charge in [0.1, 0.15) is 5.82 Å². The van der Waals surface area contributed by atoms with Crippen LogP contribution < -0.4 is 10.6 Å². The third-order valence-electron chi connectivity index (χ3n) is 2.59. The molecular weight excluding hydrogens is 192 g/mol. The molecule has 2 rings (SSSR count). The van der Waals surface area contributed by atoms with Crippen LogP contribution in [0, 0.1) is 0 Å². The summed E-state index contributed by atoms with van der Waals surface area (Å²) in [5.74, 6) is 1.48. The van der Waals surface area contributed by atoms with Crippen LogP contribution in [0.25, 0.3) is 0 Å². The molecule has 0 saturated carbocycles. The van der Waals surface area contributed by atoms with Gasteiger partial charge in [0, 0.05) is 19.9 Å². The van der Waals surface area contributed by atoms with Crippen molar-refractivity contribution >= 4 is 11.8 Å². The fourth-order valence-corrected chi connectivity index (χ4v) is 1.67. The van der Waals surface area contributed by atoms with E-state index in [-0.39, 0.29) is 6.10 Å². The number of nitrogens with zero attached hydrogens (tertiary/aromatic N) is 2. The summed E-state index contributed by atoms with van der Waals surface area (Å²) >= 11 is 0. The molecule has 1 fully saturated rings. The zero-order valence-corrected chi connectivity index (χ0v) is 9.03. The van der Waals surface area contributed by atoms with Crippen LogP contribution in [0.3, 0.4) is 0 Å². The maximum atomic E-state index is 5.47. The number of aromatic nitrogens is 2. The summed E-state index contributed by atoms with van der Waals surface area (Å²) in [6.07, 6.45) is 3.01. The van der Waals surface area contributed by atoms with Crippen LogP contribution in [0.4, 0.5) is 11.8 Å². The largest absolute Gasteiger partial charge is 0.376 e. The van der Waals surface area contributed by atoms with Gasteiger partial charge in [0.25, 0.3) is 0 Å². The van der Waals surface area contributed by atoms with E-state index in [2.05, 4.69) is 27.5 Å². The molecule has 2 atom stereocenters. The summed E-state index contributed by atoms with van der Waals surface area (Å²) in [5.41, 5.74) is 0. The Bertz CT molecular complexity index is 331. The summed E-state index contributed by atoms with van der Waals surface area (Å²) in [6.45, 7) is 2.90. The molecule has 1 saturated heterocycles. The van der Waals surface area contributed by atoms with Gasteiger partial charge in [-0.2, -0.15) is 4.98 Å². The lowest BCUT2D eigenvalue weighted by molar-refractivity contribution is 0.121. The van der Waals surface area contributed by atoms with Crippen molar-refractivity contribution in [3.63, 3.8) is 0 Å². The summed E-state index contributed by atoms with van der Waals surface area (Å²) in [6, 6.07) is 2.22. The molecule has 0 spiro atoms. The maximum absolute atomic E-state index is 5.47. The number of anilines is 2. The lowest BCUT2D eigenvalue weighted by atomic mass is 10.1. The Morgan fingerprint density at radius 3 is 3.07 bits per heavy atom. The van der Waals surface area contributed by atoms with Crippen molar-refractivity contribution in [3.05, 3.63) is 12.3 Å². The first kappa shape index (κ1) is 10.2. The van der Waals surface area contributed by atoms with E-state index in [1.165, 1.54) is 0 Å². The molecule has 1 aromatic heterocycles. The third-order valence-corrected chi connectivity index (χ3v) is 2.59. The normalized spacial score (nSPS) is 25.2. The standard InChI is InChI=1S/C10H16N4O/c1-7-8(4-6-15-7)13-9-3-5-12-10(11-2)14-9/h3,5,7-8H,4,6H2,1-2H3,(H2,11,12,13,14). The lowest BCUT2D eigenvalue weighted by Crippen LogP contribution is -2.27. The summed E-state index contributed by atoms with van der Waals surface area (Å²) in [7, 11) is 1.81. The highest BCUT2D eigenvalue weighted by molar-refractivity contribution is 5.40. The van der Waals surface area contributed by atoms with Crippen LogP contribution in [-0.2, 0) is 4.74 Å². The van der Waals surface area contributed by atoms with E-state index in [0.717, 1.165) is 18.8 Å². The molecule has 2 unspecified atom stereocenters.